The predicted molar refractivity (Wildman–Crippen MR) is 50.7 cm³/mol. The number of hydrogen-bond acceptors (Lipinski definition) is 1. The molecule has 0 amide bonds. The average molecular weight is 141 g/mol. The van der Waals surface area contributed by atoms with Crippen LogP contribution in [0, 0.1) is 0 Å². The molecule has 0 radical (unpaired) electrons. The minimum Gasteiger partial charge on any atom is -0.399 e. The maximum atomic E-state index is 4.98. The molecule has 0 spiro atoms. The summed E-state index contributed by atoms with van der Waals surface area (Å²) in [5.41, 5.74) is 5.50. The van der Waals surface area contributed by atoms with Gasteiger partial charge in [0.2, 0.25) is 0 Å². The molecule has 0 aliphatic carbocycles. The summed E-state index contributed by atoms with van der Waals surface area (Å²) in [6.45, 7) is 15.9. The van der Waals surface area contributed by atoms with Crippen molar-refractivity contribution in [3.8, 4) is 0 Å². The zero-order valence-corrected chi connectivity index (χ0v) is 7.35. The molecular formula is C9H19N. The Morgan fingerprint density at radius 2 is 1.40 bits per heavy atom. The molecule has 1 nitrogen and oxygen atoms in total. The molecule has 1 heteroatoms. The molecule has 0 aliphatic rings. The van der Waals surface area contributed by atoms with Gasteiger partial charge < -0.3 is 5.73 Å². The minimum absolute atomic E-state index is 0.519. The van der Waals surface area contributed by atoms with Crippen LogP contribution in [-0.4, -0.2) is 0 Å². The summed E-state index contributed by atoms with van der Waals surface area (Å²) in [7, 11) is 0. The highest BCUT2D eigenvalue weighted by Crippen LogP contribution is 1.69. The maximum Gasteiger partial charge on any atom is 0.0234 e. The molecule has 0 aliphatic heterocycles. The Balaban J connectivity index is -0.0000000847. The van der Waals surface area contributed by atoms with Crippen molar-refractivity contribution in [1.29, 1.82) is 0 Å². The normalized spacial score (nSPS) is 5.10. The largest absolute Gasteiger partial charge is 0.399 e. The zero-order chi connectivity index (χ0) is 8.99. The smallest absolute Gasteiger partial charge is 0.0234 e. The Morgan fingerprint density at radius 1 is 1.30 bits per heavy atom. The van der Waals surface area contributed by atoms with Crippen molar-refractivity contribution in [3.05, 3.63) is 37.6 Å². The Morgan fingerprint density at radius 3 is 1.40 bits per heavy atom. The number of rotatable bonds is 1. The fourth-order valence-corrected chi connectivity index (χ4v) is 0. The van der Waals surface area contributed by atoms with Gasteiger partial charge in [-0.2, -0.15) is 0 Å². The summed E-state index contributed by atoms with van der Waals surface area (Å²) < 4.78 is 0. The highest BCUT2D eigenvalue weighted by molar-refractivity contribution is 5.04. The van der Waals surface area contributed by atoms with Crippen LogP contribution in [0.4, 0.5) is 0 Å². The van der Waals surface area contributed by atoms with Gasteiger partial charge in [-0.1, -0.05) is 33.1 Å². The standard InChI is InChI=1S/C4H7N.C3H6.C2H6/c1-3-4(2)5;1-3-2;1-2/h3H,1-2,5H2;3H,1H2,2H3;1-2H3. The molecule has 0 aromatic rings. The van der Waals surface area contributed by atoms with Gasteiger partial charge in [0.05, 0.1) is 0 Å². The lowest BCUT2D eigenvalue weighted by Gasteiger charge is -1.74. The van der Waals surface area contributed by atoms with Crippen LogP contribution < -0.4 is 5.73 Å². The third-order valence-electron chi connectivity index (χ3n) is 0.262. The second kappa shape index (κ2) is 24.5. The first-order valence-electron chi connectivity index (χ1n) is 3.32. The van der Waals surface area contributed by atoms with Gasteiger partial charge in [0.25, 0.3) is 0 Å². The topological polar surface area (TPSA) is 26.0 Å². The lowest BCUT2D eigenvalue weighted by Crippen LogP contribution is -1.86. The van der Waals surface area contributed by atoms with Crippen LogP contribution in [0.2, 0.25) is 0 Å². The van der Waals surface area contributed by atoms with Crippen molar-refractivity contribution >= 4 is 0 Å². The van der Waals surface area contributed by atoms with Gasteiger partial charge in [0, 0.05) is 5.70 Å². The van der Waals surface area contributed by atoms with Crippen molar-refractivity contribution in [2.75, 3.05) is 0 Å². The van der Waals surface area contributed by atoms with Gasteiger partial charge in [-0.25, -0.2) is 0 Å². The molecule has 0 saturated heterocycles. The quantitative estimate of drug-likeness (QED) is 0.441. The highest BCUT2D eigenvalue weighted by atomic mass is 14.5. The molecule has 60 valence electrons. The molecule has 0 atom stereocenters. The molecule has 10 heavy (non-hydrogen) atoms. The Labute approximate surface area is 64.9 Å². The second-order valence-corrected chi connectivity index (χ2v) is 1.19. The third kappa shape index (κ3) is 245. The molecule has 0 aromatic carbocycles. The van der Waals surface area contributed by atoms with E-state index in [2.05, 4.69) is 19.7 Å². The summed E-state index contributed by atoms with van der Waals surface area (Å²) in [6.07, 6.45) is 3.25. The van der Waals surface area contributed by atoms with Crippen molar-refractivity contribution in [3.63, 3.8) is 0 Å². The maximum absolute atomic E-state index is 4.98. The van der Waals surface area contributed by atoms with Gasteiger partial charge >= 0.3 is 0 Å². The number of hydrogen-bond donors (Lipinski definition) is 1. The number of nitrogens with two attached hydrogens (primary N) is 1. The molecule has 0 fully saturated rings. The van der Waals surface area contributed by atoms with E-state index >= 15 is 0 Å². The van der Waals surface area contributed by atoms with Crippen LogP contribution in [0.5, 0.6) is 0 Å². The zero-order valence-electron chi connectivity index (χ0n) is 7.35. The van der Waals surface area contributed by atoms with E-state index in [-0.39, 0.29) is 0 Å². The van der Waals surface area contributed by atoms with Crippen LogP contribution in [0.15, 0.2) is 37.6 Å². The lowest BCUT2D eigenvalue weighted by atomic mass is 10.5. The Bertz CT molecular complexity index is 82.7. The summed E-state index contributed by atoms with van der Waals surface area (Å²) in [6, 6.07) is 0. The molecule has 2 N–H and O–H groups in total. The molecule has 0 bridgehead atoms. The summed E-state index contributed by atoms with van der Waals surface area (Å²) >= 11 is 0. The van der Waals surface area contributed by atoms with E-state index in [1.807, 2.05) is 20.8 Å². The molecule has 0 unspecified atom stereocenters. The van der Waals surface area contributed by atoms with Gasteiger partial charge in [-0.3, -0.25) is 0 Å². The molecule has 0 rings (SSSR count). The average Bonchev–Trinajstić information content (AvgIpc) is 1.94. The van der Waals surface area contributed by atoms with E-state index in [0.29, 0.717) is 5.70 Å². The highest BCUT2D eigenvalue weighted by Gasteiger charge is 1.58. The van der Waals surface area contributed by atoms with E-state index in [1.54, 1.807) is 6.08 Å². The molecular weight excluding hydrogens is 122 g/mol. The van der Waals surface area contributed by atoms with E-state index in [4.69, 9.17) is 5.73 Å². The van der Waals surface area contributed by atoms with Crippen LogP contribution in [0.25, 0.3) is 0 Å². The SMILES string of the molecule is C=CC.C=CC(=C)N.CC. The lowest BCUT2D eigenvalue weighted by molar-refractivity contribution is 1.46. The second-order valence-electron chi connectivity index (χ2n) is 1.19. The van der Waals surface area contributed by atoms with Crippen molar-refractivity contribution < 1.29 is 0 Å². The van der Waals surface area contributed by atoms with E-state index in [0.717, 1.165) is 0 Å². The fourth-order valence-electron chi connectivity index (χ4n) is 0. The van der Waals surface area contributed by atoms with Crippen LogP contribution in [0.3, 0.4) is 0 Å². The van der Waals surface area contributed by atoms with Gasteiger partial charge in [0.15, 0.2) is 0 Å². The summed E-state index contributed by atoms with van der Waals surface area (Å²) in [4.78, 5) is 0. The number of allylic oxidation sites excluding steroid dienone is 2. The van der Waals surface area contributed by atoms with Gasteiger partial charge in [-0.15, -0.1) is 6.58 Å². The third-order valence-corrected chi connectivity index (χ3v) is 0.262. The first-order valence-corrected chi connectivity index (χ1v) is 3.32. The van der Waals surface area contributed by atoms with Crippen molar-refractivity contribution in [1.82, 2.24) is 0 Å². The first kappa shape index (κ1) is 16.0. The van der Waals surface area contributed by atoms with E-state index < -0.39 is 0 Å². The summed E-state index contributed by atoms with van der Waals surface area (Å²) in [5, 5.41) is 0. The van der Waals surface area contributed by atoms with Crippen LogP contribution in [-0.2, 0) is 0 Å². The van der Waals surface area contributed by atoms with E-state index in [9.17, 15) is 0 Å². The van der Waals surface area contributed by atoms with Gasteiger partial charge in [0.1, 0.15) is 0 Å². The van der Waals surface area contributed by atoms with Gasteiger partial charge in [-0.05, 0) is 13.0 Å². The Hall–Kier alpha value is -0.980. The van der Waals surface area contributed by atoms with Crippen LogP contribution >= 0.6 is 0 Å². The summed E-state index contributed by atoms with van der Waals surface area (Å²) in [5.74, 6) is 0. The van der Waals surface area contributed by atoms with Crippen molar-refractivity contribution in [2.24, 2.45) is 5.73 Å². The molecule has 0 heterocycles. The fraction of sp³-hybridized carbons (Fsp3) is 0.333. The van der Waals surface area contributed by atoms with Crippen LogP contribution in [0.1, 0.15) is 20.8 Å². The Kier molecular flexibility index (Phi) is 39.2. The van der Waals surface area contributed by atoms with Crippen molar-refractivity contribution in [2.45, 2.75) is 20.8 Å². The van der Waals surface area contributed by atoms with E-state index in [1.165, 1.54) is 6.08 Å². The minimum atomic E-state index is 0.519. The predicted octanol–water partition coefficient (Wildman–Crippen LogP) is 2.86. The molecule has 0 aromatic heterocycles. The first-order chi connectivity index (χ1) is 4.68. The monoisotopic (exact) mass is 141 g/mol. The molecule has 0 saturated carbocycles.